The lowest BCUT2D eigenvalue weighted by molar-refractivity contribution is 1.20. The highest BCUT2D eigenvalue weighted by molar-refractivity contribution is 7.26. The fourth-order valence-electron chi connectivity index (χ4n) is 8.85. The van der Waals surface area contributed by atoms with Crippen LogP contribution in [0.1, 0.15) is 11.1 Å². The molecular weight excluding hydrogens is 645 g/mol. The molecule has 0 saturated carbocycles. The van der Waals surface area contributed by atoms with Crippen LogP contribution in [0.3, 0.4) is 0 Å². The maximum absolute atomic E-state index is 2.48. The lowest BCUT2D eigenvalue weighted by Crippen LogP contribution is -2.56. The van der Waals surface area contributed by atoms with Crippen LogP contribution in [-0.4, -0.2) is 11.3 Å². The number of aromatic nitrogens is 1. The summed E-state index contributed by atoms with van der Waals surface area (Å²) in [7, 11) is 0. The van der Waals surface area contributed by atoms with Crippen molar-refractivity contribution in [1.29, 1.82) is 0 Å². The minimum atomic E-state index is 0.159. The number of nitrogens with zero attached hydrogens (tertiary/aromatic N) is 1. The Hall–Kier alpha value is -6.16. The van der Waals surface area contributed by atoms with Crippen molar-refractivity contribution in [3.8, 4) is 27.9 Å². The highest BCUT2D eigenvalue weighted by Gasteiger charge is 2.31. The summed E-state index contributed by atoms with van der Waals surface area (Å²) in [6.07, 6.45) is 0.976. The molecule has 0 amide bonds. The van der Waals surface area contributed by atoms with Gasteiger partial charge < -0.3 is 4.57 Å². The monoisotopic (exact) mass is 677 g/mol. The summed E-state index contributed by atoms with van der Waals surface area (Å²) in [5.74, 6) is 0. The Balaban J connectivity index is 1.17. The third kappa shape index (κ3) is 4.49. The molecule has 1 aliphatic heterocycles. The van der Waals surface area contributed by atoms with Gasteiger partial charge >= 0.3 is 0 Å². The van der Waals surface area contributed by atoms with Gasteiger partial charge in [-0.2, -0.15) is 0 Å². The highest BCUT2D eigenvalue weighted by atomic mass is 32.1. The molecule has 2 aromatic heterocycles. The van der Waals surface area contributed by atoms with E-state index in [2.05, 4.69) is 187 Å². The lowest BCUT2D eigenvalue weighted by atomic mass is 9.33. The second-order valence-electron chi connectivity index (χ2n) is 14.0. The Morgan fingerprint density at radius 2 is 0.981 bits per heavy atom. The second-order valence-corrected chi connectivity index (χ2v) is 15.0. The summed E-state index contributed by atoms with van der Waals surface area (Å²) in [5, 5.41) is 5.18. The van der Waals surface area contributed by atoms with E-state index in [1.165, 1.54) is 97.4 Å². The van der Waals surface area contributed by atoms with Gasteiger partial charge in [0.25, 0.3) is 0 Å². The van der Waals surface area contributed by atoms with Crippen LogP contribution in [0.2, 0.25) is 0 Å². The molecular formula is C49H32BNS. The smallest absolute Gasteiger partial charge is 0.241 e. The number of hydrogen-bond donors (Lipinski definition) is 0. The van der Waals surface area contributed by atoms with E-state index >= 15 is 0 Å². The van der Waals surface area contributed by atoms with Crippen molar-refractivity contribution >= 4 is 76.4 Å². The fraction of sp³-hybridized carbons (Fsp3) is 0.0204. The van der Waals surface area contributed by atoms with Crippen molar-refractivity contribution in [2.24, 2.45) is 0 Å². The fourth-order valence-corrected chi connectivity index (χ4v) is 10.2. The number of para-hydroxylation sites is 2. The molecule has 0 aliphatic carbocycles. The zero-order valence-electron chi connectivity index (χ0n) is 28.5. The predicted octanol–water partition coefficient (Wildman–Crippen LogP) is 10.9. The highest BCUT2D eigenvalue weighted by Crippen LogP contribution is 2.44. The van der Waals surface area contributed by atoms with Crippen LogP contribution in [0.15, 0.2) is 182 Å². The van der Waals surface area contributed by atoms with E-state index in [9.17, 15) is 0 Å². The summed E-state index contributed by atoms with van der Waals surface area (Å²) in [5.41, 5.74) is 15.7. The SMILES string of the molecule is c1ccc(-c2cc(B3c4ccccc4Cc4ccccc43)cc(-c3cccc4c3sc3c(-n5c6ccccc6c6ccccc65)cccc34)c2)cc1. The maximum Gasteiger partial charge on any atom is 0.241 e. The Labute approximate surface area is 307 Å². The molecule has 1 aliphatic rings. The summed E-state index contributed by atoms with van der Waals surface area (Å²) in [6, 6.07) is 67.6. The van der Waals surface area contributed by atoms with Gasteiger partial charge in [0.2, 0.25) is 6.71 Å². The molecule has 0 bridgehead atoms. The van der Waals surface area contributed by atoms with Gasteiger partial charge in [-0.25, -0.2) is 0 Å². The lowest BCUT2D eigenvalue weighted by Gasteiger charge is -2.27. The average molecular weight is 678 g/mol. The van der Waals surface area contributed by atoms with Crippen molar-refractivity contribution in [2.75, 3.05) is 0 Å². The van der Waals surface area contributed by atoms with E-state index < -0.39 is 0 Å². The number of benzene rings is 8. The number of rotatable bonds is 4. The maximum atomic E-state index is 2.48. The van der Waals surface area contributed by atoms with E-state index in [-0.39, 0.29) is 6.71 Å². The summed E-state index contributed by atoms with van der Waals surface area (Å²) >= 11 is 1.92. The van der Waals surface area contributed by atoms with Gasteiger partial charge in [-0.3, -0.25) is 0 Å². The van der Waals surface area contributed by atoms with Crippen molar-refractivity contribution in [3.05, 3.63) is 193 Å². The standard InChI is InChI=1S/C49H32BNS/c1-2-14-32(15-3-1)35-29-36(31-37(30-35)50-43-23-8-4-16-33(43)28-34-17-5-9-24-44(34)50)38-20-12-21-41-42-22-13-27-47(49(42)52-48(38)41)51-45-25-10-6-18-39(45)40-19-7-11-26-46(40)51/h1-27,29-31H,28H2. The number of hydrogen-bond acceptors (Lipinski definition) is 1. The minimum absolute atomic E-state index is 0.159. The first kappa shape index (κ1) is 29.6. The predicted molar refractivity (Wildman–Crippen MR) is 225 cm³/mol. The third-order valence-corrected chi connectivity index (χ3v) is 12.4. The molecule has 242 valence electrons. The van der Waals surface area contributed by atoms with Crippen molar-refractivity contribution in [1.82, 2.24) is 4.57 Å². The van der Waals surface area contributed by atoms with E-state index in [1.807, 2.05) is 11.3 Å². The van der Waals surface area contributed by atoms with E-state index in [1.54, 1.807) is 0 Å². The van der Waals surface area contributed by atoms with Crippen molar-refractivity contribution in [2.45, 2.75) is 6.42 Å². The van der Waals surface area contributed by atoms with Crippen molar-refractivity contribution < 1.29 is 0 Å². The zero-order chi connectivity index (χ0) is 34.2. The van der Waals surface area contributed by atoms with Gasteiger partial charge in [-0.15, -0.1) is 11.3 Å². The van der Waals surface area contributed by atoms with Crippen LogP contribution in [0.5, 0.6) is 0 Å². The Morgan fingerprint density at radius 1 is 0.423 bits per heavy atom. The molecule has 0 N–H and O–H groups in total. The number of fused-ring (bicyclic) bond motifs is 8. The van der Waals surface area contributed by atoms with Gasteiger partial charge in [-0.1, -0.05) is 174 Å². The Kier molecular flexibility index (Phi) is 6.65. The van der Waals surface area contributed by atoms with Gasteiger partial charge in [0, 0.05) is 26.2 Å². The largest absolute Gasteiger partial charge is 0.308 e. The Bertz CT molecular complexity index is 2910. The van der Waals surface area contributed by atoms with Crippen LogP contribution in [0, 0.1) is 0 Å². The van der Waals surface area contributed by atoms with Crippen molar-refractivity contribution in [3.63, 3.8) is 0 Å². The average Bonchev–Trinajstić information content (AvgIpc) is 3.76. The zero-order valence-corrected chi connectivity index (χ0v) is 29.3. The molecule has 1 nitrogen and oxygen atoms in total. The Morgan fingerprint density at radius 3 is 1.69 bits per heavy atom. The summed E-state index contributed by atoms with van der Waals surface area (Å²) in [4.78, 5) is 0. The van der Waals surface area contributed by atoms with E-state index in [0.29, 0.717) is 0 Å². The number of thiophene rings is 1. The van der Waals surface area contributed by atoms with Gasteiger partial charge in [0.1, 0.15) is 0 Å². The van der Waals surface area contributed by atoms with Crippen LogP contribution in [-0.2, 0) is 6.42 Å². The minimum Gasteiger partial charge on any atom is -0.308 e. The van der Waals surface area contributed by atoms with E-state index in [0.717, 1.165) is 6.42 Å². The first-order valence-corrected chi connectivity index (χ1v) is 18.9. The molecule has 8 aromatic carbocycles. The molecule has 10 aromatic rings. The molecule has 3 heteroatoms. The summed E-state index contributed by atoms with van der Waals surface area (Å²) < 4.78 is 5.10. The van der Waals surface area contributed by atoms with Crippen LogP contribution < -0.4 is 16.4 Å². The molecule has 0 spiro atoms. The molecule has 0 radical (unpaired) electrons. The summed E-state index contributed by atoms with van der Waals surface area (Å²) in [6.45, 7) is 0.159. The van der Waals surface area contributed by atoms with E-state index in [4.69, 9.17) is 0 Å². The molecule has 0 unspecified atom stereocenters. The topological polar surface area (TPSA) is 4.93 Å². The first-order chi connectivity index (χ1) is 25.8. The molecule has 11 rings (SSSR count). The molecule has 3 heterocycles. The van der Waals surface area contributed by atoms with Crippen LogP contribution >= 0.6 is 11.3 Å². The first-order valence-electron chi connectivity index (χ1n) is 18.1. The van der Waals surface area contributed by atoms with Crippen LogP contribution in [0.25, 0.3) is 69.9 Å². The second kappa shape index (κ2) is 11.7. The molecule has 52 heavy (non-hydrogen) atoms. The third-order valence-electron chi connectivity index (χ3n) is 11.1. The normalized spacial score (nSPS) is 12.5. The molecule has 0 saturated heterocycles. The molecule has 0 atom stereocenters. The molecule has 0 fully saturated rings. The van der Waals surface area contributed by atoms with Gasteiger partial charge in [0.15, 0.2) is 0 Å². The van der Waals surface area contributed by atoms with Gasteiger partial charge in [-0.05, 0) is 64.1 Å². The van der Waals surface area contributed by atoms with Gasteiger partial charge in [0.05, 0.1) is 21.4 Å². The van der Waals surface area contributed by atoms with Crippen LogP contribution in [0.4, 0.5) is 0 Å². The quantitative estimate of drug-likeness (QED) is 0.163.